The van der Waals surface area contributed by atoms with Crippen molar-refractivity contribution in [3.63, 3.8) is 0 Å². The molecule has 2 amide bonds. The number of rotatable bonds is 6. The number of benzene rings is 2. The van der Waals surface area contributed by atoms with Gasteiger partial charge in [0.2, 0.25) is 5.82 Å². The van der Waals surface area contributed by atoms with E-state index in [0.717, 1.165) is 18.9 Å². The summed E-state index contributed by atoms with van der Waals surface area (Å²) in [4.78, 5) is 34.3. The first-order valence-electron chi connectivity index (χ1n) is 8.61. The van der Waals surface area contributed by atoms with E-state index in [0.29, 0.717) is 5.56 Å². The molecule has 10 heteroatoms. The lowest BCUT2D eigenvalue weighted by Gasteiger charge is -2.12. The Morgan fingerprint density at radius 3 is 2.47 bits per heavy atom. The Kier molecular flexibility index (Phi) is 6.48. The van der Waals surface area contributed by atoms with Crippen LogP contribution in [0.4, 0.5) is 13.6 Å². The molecule has 3 N–H and O–H groups in total. The van der Waals surface area contributed by atoms with E-state index < -0.39 is 34.8 Å². The van der Waals surface area contributed by atoms with Crippen molar-refractivity contribution in [2.45, 2.75) is 12.5 Å². The largest absolute Gasteiger partial charge is 0.468 e. The minimum absolute atomic E-state index is 0.0818. The van der Waals surface area contributed by atoms with Gasteiger partial charge in [0.25, 0.3) is 11.1 Å². The predicted octanol–water partition coefficient (Wildman–Crippen LogP) is 3.12. The second-order valence-corrected chi connectivity index (χ2v) is 7.22. The van der Waals surface area contributed by atoms with E-state index in [1.165, 1.54) is 30.3 Å². The van der Waals surface area contributed by atoms with Crippen molar-refractivity contribution in [1.29, 1.82) is 0 Å². The van der Waals surface area contributed by atoms with E-state index in [2.05, 4.69) is 10.1 Å². The lowest BCUT2D eigenvalue weighted by Crippen LogP contribution is -2.34. The number of methoxy groups -OCH3 is 1. The van der Waals surface area contributed by atoms with E-state index in [-0.39, 0.29) is 28.4 Å². The molecule has 1 unspecified atom stereocenters. The van der Waals surface area contributed by atoms with Gasteiger partial charge in [0.15, 0.2) is 11.6 Å². The number of halogens is 2. The summed E-state index contributed by atoms with van der Waals surface area (Å²) < 4.78 is 38.5. The number of carbonyl (C=O) groups excluding carboxylic acids is 3. The molecule has 0 aliphatic carbocycles. The van der Waals surface area contributed by atoms with E-state index in [9.17, 15) is 23.2 Å². The van der Waals surface area contributed by atoms with Crippen LogP contribution in [0.5, 0.6) is 11.5 Å². The van der Waals surface area contributed by atoms with Crippen LogP contribution < -0.4 is 15.8 Å². The van der Waals surface area contributed by atoms with Crippen LogP contribution in [0, 0.1) is 11.6 Å². The standard InChI is InChI=1S/C20H16F2N2O5S/c1-28-19(26)13(23)9-11-4-7-14(17(22)16(11)21)29-12-5-2-10(3-6-12)8-15-18(25)24-20(27)30-15/h2-8,13H,9,23H2,1H3,(H,24,25,27)/b15-8-. The van der Waals surface area contributed by atoms with Crippen molar-refractivity contribution >= 4 is 35.0 Å². The van der Waals surface area contributed by atoms with Crippen LogP contribution >= 0.6 is 11.8 Å². The number of hydrogen-bond donors (Lipinski definition) is 2. The van der Waals surface area contributed by atoms with Crippen molar-refractivity contribution in [2.75, 3.05) is 7.11 Å². The molecule has 0 aromatic heterocycles. The Morgan fingerprint density at radius 1 is 1.17 bits per heavy atom. The highest BCUT2D eigenvalue weighted by atomic mass is 32.2. The van der Waals surface area contributed by atoms with Gasteiger partial charge in [-0.1, -0.05) is 18.2 Å². The van der Waals surface area contributed by atoms with Gasteiger partial charge in [-0.2, -0.15) is 4.39 Å². The SMILES string of the molecule is COC(=O)C(N)Cc1ccc(Oc2ccc(/C=C3\SC(=O)NC3=O)cc2)c(F)c1F. The summed E-state index contributed by atoms with van der Waals surface area (Å²) in [5, 5.41) is 1.71. The fourth-order valence-electron chi connectivity index (χ4n) is 2.61. The number of hydrogen-bond acceptors (Lipinski definition) is 7. The first-order valence-corrected chi connectivity index (χ1v) is 9.43. The van der Waals surface area contributed by atoms with Gasteiger partial charge >= 0.3 is 5.97 Å². The summed E-state index contributed by atoms with van der Waals surface area (Å²) in [5.41, 5.74) is 6.12. The molecule has 2 aromatic carbocycles. The zero-order chi connectivity index (χ0) is 21.8. The van der Waals surface area contributed by atoms with Gasteiger partial charge in [0.1, 0.15) is 11.8 Å². The number of thioether (sulfide) groups is 1. The number of esters is 1. The Morgan fingerprint density at radius 2 is 1.87 bits per heavy atom. The van der Waals surface area contributed by atoms with Crippen molar-refractivity contribution < 1.29 is 32.6 Å². The summed E-state index contributed by atoms with van der Waals surface area (Å²) >= 11 is 0.789. The average Bonchev–Trinajstić information content (AvgIpc) is 3.04. The zero-order valence-electron chi connectivity index (χ0n) is 15.6. The predicted molar refractivity (Wildman–Crippen MR) is 106 cm³/mol. The smallest absolute Gasteiger partial charge is 0.322 e. The zero-order valence-corrected chi connectivity index (χ0v) is 16.4. The molecule has 1 fully saturated rings. The highest BCUT2D eigenvalue weighted by Gasteiger charge is 2.25. The van der Waals surface area contributed by atoms with Gasteiger partial charge < -0.3 is 15.2 Å². The fraction of sp³-hybridized carbons (Fsp3) is 0.150. The van der Waals surface area contributed by atoms with Gasteiger partial charge in [-0.05, 0) is 47.2 Å². The number of imide groups is 1. The third-order valence-corrected chi connectivity index (χ3v) is 4.93. The Balaban J connectivity index is 1.73. The monoisotopic (exact) mass is 434 g/mol. The first kappa shape index (κ1) is 21.5. The number of amides is 2. The Labute approximate surface area is 174 Å². The maximum atomic E-state index is 14.4. The molecular formula is C20H16F2N2O5S. The van der Waals surface area contributed by atoms with E-state index >= 15 is 0 Å². The highest BCUT2D eigenvalue weighted by molar-refractivity contribution is 8.18. The molecule has 3 rings (SSSR count). The molecule has 7 nitrogen and oxygen atoms in total. The number of ether oxygens (including phenoxy) is 2. The third-order valence-electron chi connectivity index (χ3n) is 4.12. The summed E-state index contributed by atoms with van der Waals surface area (Å²) in [6, 6.07) is 7.59. The van der Waals surface area contributed by atoms with Crippen LogP contribution in [-0.2, 0) is 20.7 Å². The van der Waals surface area contributed by atoms with Crippen LogP contribution in [0.1, 0.15) is 11.1 Å². The minimum Gasteiger partial charge on any atom is -0.468 e. The molecular weight excluding hydrogens is 418 g/mol. The first-order chi connectivity index (χ1) is 14.3. The summed E-state index contributed by atoms with van der Waals surface area (Å²) in [7, 11) is 1.15. The van der Waals surface area contributed by atoms with Crippen LogP contribution in [0.15, 0.2) is 41.3 Å². The van der Waals surface area contributed by atoms with Crippen LogP contribution in [0.25, 0.3) is 6.08 Å². The topological polar surface area (TPSA) is 108 Å². The van der Waals surface area contributed by atoms with Crippen molar-refractivity contribution in [3.05, 3.63) is 64.1 Å². The molecule has 1 aliphatic heterocycles. The van der Waals surface area contributed by atoms with Crippen molar-refractivity contribution in [3.8, 4) is 11.5 Å². The van der Waals surface area contributed by atoms with Crippen molar-refractivity contribution in [2.24, 2.45) is 5.73 Å². The van der Waals surface area contributed by atoms with E-state index in [1.807, 2.05) is 0 Å². The van der Waals surface area contributed by atoms with Gasteiger partial charge in [-0.3, -0.25) is 19.7 Å². The average molecular weight is 434 g/mol. The van der Waals surface area contributed by atoms with Gasteiger partial charge in [0, 0.05) is 6.42 Å². The molecule has 30 heavy (non-hydrogen) atoms. The molecule has 0 radical (unpaired) electrons. The quantitative estimate of drug-likeness (QED) is 0.531. The number of nitrogens with one attached hydrogen (secondary N) is 1. The summed E-state index contributed by atoms with van der Waals surface area (Å²) in [5.74, 6) is -3.70. The lowest BCUT2D eigenvalue weighted by molar-refractivity contribution is -0.142. The molecule has 1 saturated heterocycles. The van der Waals surface area contributed by atoms with Gasteiger partial charge in [-0.25, -0.2) is 4.39 Å². The van der Waals surface area contributed by atoms with Crippen LogP contribution in [-0.4, -0.2) is 30.3 Å². The van der Waals surface area contributed by atoms with Crippen LogP contribution in [0.2, 0.25) is 0 Å². The Hall–Kier alpha value is -3.24. The molecule has 1 atom stereocenters. The maximum Gasteiger partial charge on any atom is 0.322 e. The second-order valence-electron chi connectivity index (χ2n) is 6.21. The molecule has 2 aromatic rings. The minimum atomic E-state index is -1.21. The molecule has 1 aliphatic rings. The maximum absolute atomic E-state index is 14.4. The second kappa shape index (κ2) is 9.06. The number of carbonyl (C=O) groups is 3. The molecule has 156 valence electrons. The molecule has 0 bridgehead atoms. The summed E-state index contributed by atoms with van der Waals surface area (Å²) in [6.45, 7) is 0. The van der Waals surface area contributed by atoms with Crippen molar-refractivity contribution in [1.82, 2.24) is 5.32 Å². The van der Waals surface area contributed by atoms with E-state index in [4.69, 9.17) is 10.5 Å². The third kappa shape index (κ3) is 4.84. The molecule has 0 spiro atoms. The van der Waals surface area contributed by atoms with Crippen LogP contribution in [0.3, 0.4) is 0 Å². The fourth-order valence-corrected chi connectivity index (χ4v) is 3.29. The van der Waals surface area contributed by atoms with Gasteiger partial charge in [-0.15, -0.1) is 0 Å². The lowest BCUT2D eigenvalue weighted by atomic mass is 10.1. The Bertz CT molecular complexity index is 1040. The summed E-state index contributed by atoms with van der Waals surface area (Å²) in [6.07, 6.45) is 1.29. The molecule has 1 heterocycles. The normalized spacial score (nSPS) is 15.8. The van der Waals surface area contributed by atoms with E-state index in [1.54, 1.807) is 12.1 Å². The highest BCUT2D eigenvalue weighted by Crippen LogP contribution is 2.30. The number of nitrogens with two attached hydrogens (primary N) is 1. The van der Waals surface area contributed by atoms with Gasteiger partial charge in [0.05, 0.1) is 12.0 Å². The molecule has 0 saturated carbocycles.